The minimum absolute atomic E-state index is 0.199. The molecule has 3 aromatic rings. The Balaban J connectivity index is 2.38. The highest BCUT2D eigenvalue weighted by Crippen LogP contribution is 2.28. The van der Waals surface area contributed by atoms with Crippen molar-refractivity contribution < 1.29 is 9.90 Å². The standard InChI is InChI=1S/C15H10BrN3O2/c1-8-4-9(16)5-10-11(15(20)21)6-12(19-14(8)10)13-7-17-2-3-18-13/h2-7H,1H3,(H,20,21). The summed E-state index contributed by atoms with van der Waals surface area (Å²) in [6.07, 6.45) is 4.68. The molecule has 0 saturated carbocycles. The van der Waals surface area contributed by atoms with Gasteiger partial charge in [0.2, 0.25) is 0 Å². The number of aromatic nitrogens is 3. The quantitative estimate of drug-likeness (QED) is 0.770. The zero-order valence-electron chi connectivity index (χ0n) is 11.0. The van der Waals surface area contributed by atoms with Crippen molar-refractivity contribution in [1.29, 1.82) is 0 Å². The summed E-state index contributed by atoms with van der Waals surface area (Å²) >= 11 is 3.39. The Kier molecular flexibility index (Phi) is 3.39. The second-order valence-electron chi connectivity index (χ2n) is 4.57. The van der Waals surface area contributed by atoms with Gasteiger partial charge in [0.25, 0.3) is 0 Å². The first-order valence-corrected chi connectivity index (χ1v) is 6.96. The van der Waals surface area contributed by atoms with Crippen molar-refractivity contribution in [2.24, 2.45) is 0 Å². The Morgan fingerprint density at radius 1 is 1.19 bits per heavy atom. The van der Waals surface area contributed by atoms with Gasteiger partial charge in [-0.1, -0.05) is 15.9 Å². The lowest BCUT2D eigenvalue weighted by molar-refractivity contribution is 0.0699. The van der Waals surface area contributed by atoms with E-state index in [9.17, 15) is 9.90 Å². The number of halogens is 1. The van der Waals surface area contributed by atoms with Gasteiger partial charge in [-0.05, 0) is 30.7 Å². The molecular formula is C15H10BrN3O2. The smallest absolute Gasteiger partial charge is 0.336 e. The van der Waals surface area contributed by atoms with Crippen LogP contribution in [0, 0.1) is 6.92 Å². The number of fused-ring (bicyclic) bond motifs is 1. The maximum Gasteiger partial charge on any atom is 0.336 e. The van der Waals surface area contributed by atoms with Crippen molar-refractivity contribution in [3.63, 3.8) is 0 Å². The number of carboxylic acids is 1. The van der Waals surface area contributed by atoms with Crippen molar-refractivity contribution in [2.45, 2.75) is 6.92 Å². The highest BCUT2D eigenvalue weighted by molar-refractivity contribution is 9.10. The van der Waals surface area contributed by atoms with Gasteiger partial charge in [0.05, 0.1) is 23.0 Å². The van der Waals surface area contributed by atoms with Crippen LogP contribution >= 0.6 is 15.9 Å². The Morgan fingerprint density at radius 2 is 2.00 bits per heavy atom. The number of hydrogen-bond acceptors (Lipinski definition) is 4. The molecule has 3 rings (SSSR count). The summed E-state index contributed by atoms with van der Waals surface area (Å²) in [6, 6.07) is 5.20. The van der Waals surface area contributed by atoms with Crippen LogP contribution in [0.15, 0.2) is 41.3 Å². The van der Waals surface area contributed by atoms with E-state index < -0.39 is 5.97 Å². The van der Waals surface area contributed by atoms with Crippen molar-refractivity contribution >= 4 is 32.8 Å². The largest absolute Gasteiger partial charge is 0.478 e. The lowest BCUT2D eigenvalue weighted by Crippen LogP contribution is -2.02. The van der Waals surface area contributed by atoms with E-state index in [0.29, 0.717) is 22.3 Å². The van der Waals surface area contributed by atoms with E-state index >= 15 is 0 Å². The molecule has 0 aliphatic heterocycles. The topological polar surface area (TPSA) is 76.0 Å². The molecule has 5 nitrogen and oxygen atoms in total. The number of benzene rings is 1. The first-order valence-electron chi connectivity index (χ1n) is 6.17. The second-order valence-corrected chi connectivity index (χ2v) is 5.49. The number of hydrogen-bond donors (Lipinski definition) is 1. The molecule has 104 valence electrons. The molecule has 0 saturated heterocycles. The lowest BCUT2D eigenvalue weighted by Gasteiger charge is -2.09. The van der Waals surface area contributed by atoms with Gasteiger partial charge in [-0.15, -0.1) is 0 Å². The fraction of sp³-hybridized carbons (Fsp3) is 0.0667. The first kappa shape index (κ1) is 13.6. The molecule has 1 aromatic carbocycles. The van der Waals surface area contributed by atoms with Crippen LogP contribution in [0.5, 0.6) is 0 Å². The van der Waals surface area contributed by atoms with Crippen LogP contribution in [0.4, 0.5) is 0 Å². The molecule has 0 aliphatic carbocycles. The van der Waals surface area contributed by atoms with Gasteiger partial charge < -0.3 is 5.11 Å². The Hall–Kier alpha value is -2.34. The zero-order chi connectivity index (χ0) is 15.0. The van der Waals surface area contributed by atoms with Gasteiger partial charge in [-0.3, -0.25) is 9.97 Å². The van der Waals surface area contributed by atoms with Gasteiger partial charge in [0.1, 0.15) is 5.69 Å². The third kappa shape index (κ3) is 2.50. The van der Waals surface area contributed by atoms with Crippen molar-refractivity contribution in [3.8, 4) is 11.4 Å². The van der Waals surface area contributed by atoms with E-state index in [1.54, 1.807) is 24.7 Å². The molecule has 1 N–H and O–H groups in total. The summed E-state index contributed by atoms with van der Waals surface area (Å²) in [4.78, 5) is 24.3. The number of nitrogens with zero attached hydrogens (tertiary/aromatic N) is 3. The fourth-order valence-corrected chi connectivity index (χ4v) is 2.77. The van der Waals surface area contributed by atoms with E-state index in [1.807, 2.05) is 13.0 Å². The molecule has 2 heterocycles. The molecule has 0 spiro atoms. The van der Waals surface area contributed by atoms with Crippen LogP contribution in [-0.4, -0.2) is 26.0 Å². The first-order chi connectivity index (χ1) is 10.1. The number of aromatic carboxylic acids is 1. The summed E-state index contributed by atoms with van der Waals surface area (Å²) < 4.78 is 0.823. The van der Waals surface area contributed by atoms with E-state index in [0.717, 1.165) is 10.0 Å². The van der Waals surface area contributed by atoms with Crippen LogP contribution in [-0.2, 0) is 0 Å². The molecular weight excluding hydrogens is 334 g/mol. The van der Waals surface area contributed by atoms with Gasteiger partial charge in [-0.2, -0.15) is 0 Å². The van der Waals surface area contributed by atoms with Gasteiger partial charge in [0.15, 0.2) is 0 Å². The summed E-state index contributed by atoms with van der Waals surface area (Å²) in [7, 11) is 0. The monoisotopic (exact) mass is 343 g/mol. The second kappa shape index (κ2) is 5.21. The molecule has 0 unspecified atom stereocenters. The SMILES string of the molecule is Cc1cc(Br)cc2c(C(=O)O)cc(-c3cnccn3)nc12. The highest BCUT2D eigenvalue weighted by Gasteiger charge is 2.15. The fourth-order valence-electron chi connectivity index (χ4n) is 2.20. The number of pyridine rings is 1. The van der Waals surface area contributed by atoms with Crippen LogP contribution in [0.1, 0.15) is 15.9 Å². The normalized spacial score (nSPS) is 10.8. The highest BCUT2D eigenvalue weighted by atomic mass is 79.9. The summed E-state index contributed by atoms with van der Waals surface area (Å²) in [5, 5.41) is 10.1. The molecule has 21 heavy (non-hydrogen) atoms. The van der Waals surface area contributed by atoms with E-state index in [1.165, 1.54) is 6.07 Å². The predicted molar refractivity (Wildman–Crippen MR) is 82.2 cm³/mol. The number of carbonyl (C=O) groups is 1. The number of aryl methyl sites for hydroxylation is 1. The summed E-state index contributed by atoms with van der Waals surface area (Å²) in [5.41, 5.74) is 2.79. The molecule has 0 amide bonds. The Labute approximate surface area is 128 Å². The van der Waals surface area contributed by atoms with Crippen LogP contribution in [0.25, 0.3) is 22.3 Å². The Bertz CT molecular complexity index is 850. The molecule has 0 aliphatic rings. The van der Waals surface area contributed by atoms with Crippen LogP contribution in [0.3, 0.4) is 0 Å². The number of carboxylic acid groups (broad SMARTS) is 1. The third-order valence-electron chi connectivity index (χ3n) is 3.12. The molecule has 2 aromatic heterocycles. The van der Waals surface area contributed by atoms with E-state index in [4.69, 9.17) is 0 Å². The van der Waals surface area contributed by atoms with E-state index in [2.05, 4.69) is 30.9 Å². The van der Waals surface area contributed by atoms with Gasteiger partial charge in [0, 0.05) is 22.3 Å². The summed E-state index contributed by atoms with van der Waals surface area (Å²) in [5.74, 6) is -0.995. The predicted octanol–water partition coefficient (Wildman–Crippen LogP) is 3.46. The van der Waals surface area contributed by atoms with Crippen molar-refractivity contribution in [3.05, 3.63) is 52.4 Å². The average Bonchev–Trinajstić information content (AvgIpc) is 2.47. The average molecular weight is 344 g/mol. The van der Waals surface area contributed by atoms with E-state index in [-0.39, 0.29) is 5.56 Å². The maximum absolute atomic E-state index is 11.5. The zero-order valence-corrected chi connectivity index (χ0v) is 12.6. The maximum atomic E-state index is 11.5. The molecule has 6 heteroatoms. The van der Waals surface area contributed by atoms with Crippen molar-refractivity contribution in [1.82, 2.24) is 15.0 Å². The minimum Gasteiger partial charge on any atom is -0.478 e. The third-order valence-corrected chi connectivity index (χ3v) is 3.58. The van der Waals surface area contributed by atoms with Gasteiger partial charge in [-0.25, -0.2) is 9.78 Å². The summed E-state index contributed by atoms with van der Waals surface area (Å²) in [6.45, 7) is 1.90. The lowest BCUT2D eigenvalue weighted by atomic mass is 10.0. The molecule has 0 atom stereocenters. The molecule has 0 fully saturated rings. The number of rotatable bonds is 2. The van der Waals surface area contributed by atoms with Crippen LogP contribution < -0.4 is 0 Å². The van der Waals surface area contributed by atoms with Crippen molar-refractivity contribution in [2.75, 3.05) is 0 Å². The Morgan fingerprint density at radius 3 is 2.67 bits per heavy atom. The van der Waals surface area contributed by atoms with Crippen LogP contribution in [0.2, 0.25) is 0 Å². The molecule has 0 radical (unpaired) electrons. The van der Waals surface area contributed by atoms with Gasteiger partial charge >= 0.3 is 5.97 Å². The molecule has 0 bridgehead atoms. The minimum atomic E-state index is -0.995.